The van der Waals surface area contributed by atoms with Crippen molar-refractivity contribution in [2.45, 2.75) is 19.1 Å². The molecular weight excluding hydrogens is 166 g/mol. The number of rotatable bonds is 3. The molecule has 1 fully saturated rings. The lowest BCUT2D eigenvalue weighted by Crippen LogP contribution is -2.45. The van der Waals surface area contributed by atoms with Gasteiger partial charge < -0.3 is 10.5 Å². The van der Waals surface area contributed by atoms with Crippen molar-refractivity contribution < 1.29 is 13.2 Å². The summed E-state index contributed by atoms with van der Waals surface area (Å²) in [6, 6.07) is 0. The molecule has 0 aromatic rings. The first-order valence-corrected chi connectivity index (χ1v) is 5.41. The molecule has 1 atom stereocenters. The highest BCUT2D eigenvalue weighted by Gasteiger charge is 2.34. The predicted octanol–water partition coefficient (Wildman–Crippen LogP) is -0.853. The normalized spacial score (nSPS) is 26.0. The van der Waals surface area contributed by atoms with E-state index in [-0.39, 0.29) is 23.7 Å². The van der Waals surface area contributed by atoms with E-state index in [1.165, 1.54) is 0 Å². The van der Waals surface area contributed by atoms with Crippen LogP contribution in [0.5, 0.6) is 0 Å². The minimum absolute atomic E-state index is 0.0319. The third kappa shape index (κ3) is 2.43. The lowest BCUT2D eigenvalue weighted by Gasteiger charge is -2.28. The van der Waals surface area contributed by atoms with Crippen LogP contribution in [0.2, 0.25) is 0 Å². The van der Waals surface area contributed by atoms with Gasteiger partial charge in [-0.3, -0.25) is 0 Å². The molecule has 0 radical (unpaired) electrons. The number of hydrogen-bond acceptors (Lipinski definition) is 4. The molecule has 1 rings (SSSR count). The summed E-state index contributed by atoms with van der Waals surface area (Å²) in [5.41, 5.74) is 5.29. The van der Waals surface area contributed by atoms with Gasteiger partial charge in [0.05, 0.1) is 23.7 Å². The summed E-state index contributed by atoms with van der Waals surface area (Å²) >= 11 is 0. The second-order valence-corrected chi connectivity index (χ2v) is 5.04. The van der Waals surface area contributed by atoms with Gasteiger partial charge in [-0.25, -0.2) is 8.42 Å². The van der Waals surface area contributed by atoms with E-state index < -0.39 is 9.84 Å². The predicted molar refractivity (Wildman–Crippen MR) is 42.0 cm³/mol. The largest absolute Gasteiger partial charge is 0.372 e. The first-order chi connectivity index (χ1) is 5.03. The molecule has 0 bridgehead atoms. The van der Waals surface area contributed by atoms with E-state index in [0.29, 0.717) is 6.54 Å². The third-order valence-corrected chi connectivity index (χ3v) is 3.40. The number of nitrogens with two attached hydrogens (primary N) is 1. The Kier molecular flexibility index (Phi) is 2.51. The summed E-state index contributed by atoms with van der Waals surface area (Å²) in [5, 5.41) is 0. The molecule has 1 heterocycles. The Hall–Kier alpha value is -0.130. The maximum absolute atomic E-state index is 10.7. The molecule has 5 heteroatoms. The Morgan fingerprint density at radius 3 is 2.55 bits per heavy atom. The smallest absolute Gasteiger partial charge is 0.155 e. The molecule has 11 heavy (non-hydrogen) atoms. The molecule has 1 unspecified atom stereocenters. The van der Waals surface area contributed by atoms with Crippen LogP contribution in [0, 0.1) is 0 Å². The molecular formula is C6H13NO3S. The van der Waals surface area contributed by atoms with Crippen molar-refractivity contribution in [1.29, 1.82) is 0 Å². The molecule has 0 aliphatic carbocycles. The molecule has 1 aliphatic heterocycles. The fourth-order valence-corrected chi connectivity index (χ4v) is 2.17. The summed E-state index contributed by atoms with van der Waals surface area (Å²) in [7, 11) is -2.75. The van der Waals surface area contributed by atoms with Crippen molar-refractivity contribution in [2.75, 3.05) is 18.1 Å². The molecule has 0 aromatic carbocycles. The van der Waals surface area contributed by atoms with Gasteiger partial charge >= 0.3 is 0 Å². The minimum Gasteiger partial charge on any atom is -0.372 e. The highest BCUT2D eigenvalue weighted by Crippen LogP contribution is 2.15. The first kappa shape index (κ1) is 8.96. The van der Waals surface area contributed by atoms with Crippen molar-refractivity contribution in [3.05, 3.63) is 0 Å². The topological polar surface area (TPSA) is 69.4 Å². The fraction of sp³-hybridized carbons (Fsp3) is 1.00. The quantitative estimate of drug-likeness (QED) is 0.612. The molecule has 1 aliphatic rings. The van der Waals surface area contributed by atoms with E-state index >= 15 is 0 Å². The van der Waals surface area contributed by atoms with Crippen LogP contribution in [0.15, 0.2) is 0 Å². The lowest BCUT2D eigenvalue weighted by atomic mass is 10.4. The zero-order valence-electron chi connectivity index (χ0n) is 6.49. The van der Waals surface area contributed by atoms with Crippen molar-refractivity contribution in [3.63, 3.8) is 0 Å². The van der Waals surface area contributed by atoms with Crippen molar-refractivity contribution in [2.24, 2.45) is 5.73 Å². The number of sulfone groups is 1. The molecule has 4 nitrogen and oxygen atoms in total. The van der Waals surface area contributed by atoms with Crippen LogP contribution in [0.3, 0.4) is 0 Å². The molecule has 0 amide bonds. The zero-order valence-corrected chi connectivity index (χ0v) is 7.30. The van der Waals surface area contributed by atoms with E-state index in [1.54, 1.807) is 0 Å². The molecule has 0 aromatic heterocycles. The molecule has 0 saturated carbocycles. The van der Waals surface area contributed by atoms with Crippen LogP contribution < -0.4 is 5.73 Å². The van der Waals surface area contributed by atoms with Gasteiger partial charge in [0.1, 0.15) is 0 Å². The van der Waals surface area contributed by atoms with Crippen molar-refractivity contribution in [1.82, 2.24) is 0 Å². The highest BCUT2D eigenvalue weighted by atomic mass is 32.2. The average Bonchev–Trinajstić information content (AvgIpc) is 1.83. The zero-order chi connectivity index (χ0) is 8.48. The number of ether oxygens (including phenoxy) is 1. The third-order valence-electron chi connectivity index (χ3n) is 1.64. The van der Waals surface area contributed by atoms with Gasteiger partial charge in [0, 0.05) is 6.54 Å². The van der Waals surface area contributed by atoms with Crippen LogP contribution in [0.4, 0.5) is 0 Å². The Morgan fingerprint density at radius 1 is 1.64 bits per heavy atom. The van der Waals surface area contributed by atoms with E-state index in [2.05, 4.69) is 0 Å². The minimum atomic E-state index is -2.75. The van der Waals surface area contributed by atoms with Gasteiger partial charge in [0.25, 0.3) is 0 Å². The number of hydrogen-bond donors (Lipinski definition) is 1. The molecule has 66 valence electrons. The van der Waals surface area contributed by atoms with Crippen molar-refractivity contribution in [3.8, 4) is 0 Å². The van der Waals surface area contributed by atoms with Crippen molar-refractivity contribution >= 4 is 9.84 Å². The monoisotopic (exact) mass is 179 g/mol. The SMILES string of the molecule is CC(CN)OC1CS(=O)(=O)C1. The molecule has 0 spiro atoms. The average molecular weight is 179 g/mol. The van der Waals surface area contributed by atoms with Gasteiger partial charge in [0.15, 0.2) is 9.84 Å². The second kappa shape index (κ2) is 3.08. The Balaban J connectivity index is 2.24. The fourth-order valence-electron chi connectivity index (χ4n) is 0.980. The summed E-state index contributed by atoms with van der Waals surface area (Å²) in [6.45, 7) is 2.28. The first-order valence-electron chi connectivity index (χ1n) is 3.59. The molecule has 2 N–H and O–H groups in total. The molecule has 1 saturated heterocycles. The Labute approximate surface area is 66.6 Å². The highest BCUT2D eigenvalue weighted by molar-refractivity contribution is 7.92. The van der Waals surface area contributed by atoms with Crippen LogP contribution in [0.1, 0.15) is 6.92 Å². The van der Waals surface area contributed by atoms with Gasteiger partial charge in [-0.15, -0.1) is 0 Å². The van der Waals surface area contributed by atoms with Gasteiger partial charge in [-0.1, -0.05) is 0 Å². The van der Waals surface area contributed by atoms with Crippen LogP contribution in [-0.2, 0) is 14.6 Å². The standard InChI is InChI=1S/C6H13NO3S/c1-5(2-7)10-6-3-11(8,9)4-6/h5-6H,2-4,7H2,1H3. The Bertz CT molecular complexity index is 212. The van der Waals surface area contributed by atoms with E-state index in [1.807, 2.05) is 6.92 Å². The summed E-state index contributed by atoms with van der Waals surface area (Å²) < 4.78 is 26.6. The van der Waals surface area contributed by atoms with Crippen LogP contribution in [0.25, 0.3) is 0 Å². The van der Waals surface area contributed by atoms with E-state index in [4.69, 9.17) is 10.5 Å². The second-order valence-electron chi connectivity index (χ2n) is 2.88. The maximum Gasteiger partial charge on any atom is 0.155 e. The van der Waals surface area contributed by atoms with Crippen LogP contribution >= 0.6 is 0 Å². The summed E-state index contributed by atoms with van der Waals surface area (Å²) in [4.78, 5) is 0. The van der Waals surface area contributed by atoms with Gasteiger partial charge in [-0.2, -0.15) is 0 Å². The van der Waals surface area contributed by atoms with E-state index in [9.17, 15) is 8.42 Å². The van der Waals surface area contributed by atoms with Gasteiger partial charge in [-0.05, 0) is 6.92 Å². The maximum atomic E-state index is 10.7. The summed E-state index contributed by atoms with van der Waals surface area (Å²) in [5.74, 6) is 0.328. The Morgan fingerprint density at radius 2 is 2.18 bits per heavy atom. The van der Waals surface area contributed by atoms with E-state index in [0.717, 1.165) is 0 Å². The lowest BCUT2D eigenvalue weighted by molar-refractivity contribution is 0.0200. The van der Waals surface area contributed by atoms with Gasteiger partial charge in [0.2, 0.25) is 0 Å². The van der Waals surface area contributed by atoms with Crippen LogP contribution in [-0.4, -0.2) is 38.7 Å². The summed E-state index contributed by atoms with van der Waals surface area (Å²) in [6.07, 6.45) is -0.144.